The summed E-state index contributed by atoms with van der Waals surface area (Å²) in [7, 11) is 0. The van der Waals surface area contributed by atoms with Gasteiger partial charge in [-0.1, -0.05) is 6.07 Å². The SMILES string of the molecule is Cc1c(C(N)=O)ccc(Nc2ccc3c(c2)NC(=O)C3)c1[N+](=O)[O-]. The lowest BCUT2D eigenvalue weighted by Crippen LogP contribution is -2.14. The molecule has 0 saturated heterocycles. The maximum atomic E-state index is 11.4. The van der Waals surface area contributed by atoms with Gasteiger partial charge in [0.05, 0.1) is 11.3 Å². The molecule has 8 nitrogen and oxygen atoms in total. The molecule has 2 aromatic rings. The van der Waals surface area contributed by atoms with Gasteiger partial charge in [-0.3, -0.25) is 19.7 Å². The van der Waals surface area contributed by atoms with Gasteiger partial charge in [0.2, 0.25) is 11.8 Å². The van der Waals surface area contributed by atoms with Crippen molar-refractivity contribution in [2.75, 3.05) is 10.6 Å². The van der Waals surface area contributed by atoms with Crippen molar-refractivity contribution in [2.45, 2.75) is 13.3 Å². The van der Waals surface area contributed by atoms with Crippen molar-refractivity contribution in [3.63, 3.8) is 0 Å². The van der Waals surface area contributed by atoms with Gasteiger partial charge in [0.1, 0.15) is 5.69 Å². The van der Waals surface area contributed by atoms with Crippen molar-refractivity contribution in [1.82, 2.24) is 0 Å². The number of carbonyl (C=O) groups excluding carboxylic acids is 2. The van der Waals surface area contributed by atoms with Crippen LogP contribution < -0.4 is 16.4 Å². The third-order valence-corrected chi connectivity index (χ3v) is 3.89. The standard InChI is InChI=1S/C16H14N4O4/c1-8-11(16(17)22)4-5-12(15(8)20(23)24)18-10-3-2-9-6-14(21)19-13(9)7-10/h2-5,7,18H,6H2,1H3,(H2,17,22)(H,19,21). The summed E-state index contributed by atoms with van der Waals surface area (Å²) in [5, 5.41) is 17.1. The molecule has 1 aliphatic heterocycles. The number of nitrogens with zero attached hydrogens (tertiary/aromatic N) is 1. The molecule has 122 valence electrons. The molecule has 8 heteroatoms. The fourth-order valence-electron chi connectivity index (χ4n) is 2.75. The molecule has 0 unspecified atom stereocenters. The Hall–Kier alpha value is -3.42. The molecule has 1 aliphatic rings. The minimum atomic E-state index is -0.720. The minimum Gasteiger partial charge on any atom is -0.366 e. The zero-order valence-electron chi connectivity index (χ0n) is 12.8. The number of amides is 2. The van der Waals surface area contributed by atoms with Crippen molar-refractivity contribution in [2.24, 2.45) is 5.73 Å². The number of nitro groups is 1. The average Bonchev–Trinajstić information content (AvgIpc) is 2.86. The van der Waals surface area contributed by atoms with Gasteiger partial charge >= 0.3 is 0 Å². The van der Waals surface area contributed by atoms with E-state index >= 15 is 0 Å². The number of nitro benzene ring substituents is 1. The van der Waals surface area contributed by atoms with Crippen LogP contribution in [0.4, 0.5) is 22.7 Å². The van der Waals surface area contributed by atoms with E-state index in [0.29, 0.717) is 17.8 Å². The third-order valence-electron chi connectivity index (χ3n) is 3.89. The van der Waals surface area contributed by atoms with Gasteiger partial charge in [-0.25, -0.2) is 0 Å². The highest BCUT2D eigenvalue weighted by Gasteiger charge is 2.23. The number of nitrogens with one attached hydrogen (secondary N) is 2. The van der Waals surface area contributed by atoms with Gasteiger partial charge in [-0.15, -0.1) is 0 Å². The predicted molar refractivity (Wildman–Crippen MR) is 88.4 cm³/mol. The summed E-state index contributed by atoms with van der Waals surface area (Å²) in [5.41, 5.74) is 7.72. The first-order chi connectivity index (χ1) is 11.4. The van der Waals surface area contributed by atoms with Gasteiger partial charge in [0.25, 0.3) is 5.69 Å². The molecular weight excluding hydrogens is 312 g/mol. The smallest absolute Gasteiger partial charge is 0.296 e. The first-order valence-corrected chi connectivity index (χ1v) is 7.14. The largest absolute Gasteiger partial charge is 0.366 e. The molecule has 0 bridgehead atoms. The van der Waals surface area contributed by atoms with Crippen LogP contribution in [0.15, 0.2) is 30.3 Å². The fraction of sp³-hybridized carbons (Fsp3) is 0.125. The number of benzene rings is 2. The van der Waals surface area contributed by atoms with E-state index in [9.17, 15) is 19.7 Å². The summed E-state index contributed by atoms with van der Waals surface area (Å²) >= 11 is 0. The van der Waals surface area contributed by atoms with E-state index in [1.165, 1.54) is 19.1 Å². The van der Waals surface area contributed by atoms with E-state index in [-0.39, 0.29) is 28.4 Å². The molecule has 2 amide bonds. The van der Waals surface area contributed by atoms with E-state index in [4.69, 9.17) is 5.73 Å². The predicted octanol–water partition coefficient (Wildman–Crippen LogP) is 2.24. The van der Waals surface area contributed by atoms with Crippen molar-refractivity contribution >= 4 is 34.6 Å². The Kier molecular flexibility index (Phi) is 3.64. The normalized spacial score (nSPS) is 12.5. The van der Waals surface area contributed by atoms with Gasteiger partial charge in [0, 0.05) is 22.5 Å². The second-order valence-electron chi connectivity index (χ2n) is 5.48. The molecule has 0 atom stereocenters. The molecule has 24 heavy (non-hydrogen) atoms. The fourth-order valence-corrected chi connectivity index (χ4v) is 2.75. The number of hydrogen-bond acceptors (Lipinski definition) is 5. The van der Waals surface area contributed by atoms with Crippen molar-refractivity contribution in [3.05, 3.63) is 57.1 Å². The van der Waals surface area contributed by atoms with Crippen LogP contribution in [0, 0.1) is 17.0 Å². The van der Waals surface area contributed by atoms with Gasteiger partial charge in [-0.2, -0.15) is 0 Å². The molecule has 4 N–H and O–H groups in total. The Balaban J connectivity index is 2.00. The van der Waals surface area contributed by atoms with Crippen LogP contribution >= 0.6 is 0 Å². The Morgan fingerprint density at radius 1 is 1.33 bits per heavy atom. The molecule has 0 spiro atoms. The van der Waals surface area contributed by atoms with Crippen LogP contribution in [0.2, 0.25) is 0 Å². The topological polar surface area (TPSA) is 127 Å². The number of carbonyl (C=O) groups is 2. The van der Waals surface area contributed by atoms with Crippen LogP contribution in [-0.2, 0) is 11.2 Å². The van der Waals surface area contributed by atoms with Crippen LogP contribution in [0.3, 0.4) is 0 Å². The summed E-state index contributed by atoms with van der Waals surface area (Å²) in [4.78, 5) is 33.6. The quantitative estimate of drug-likeness (QED) is 0.586. The van der Waals surface area contributed by atoms with Crippen LogP contribution in [-0.4, -0.2) is 16.7 Å². The van der Waals surface area contributed by atoms with Crippen molar-refractivity contribution in [1.29, 1.82) is 0 Å². The zero-order chi connectivity index (χ0) is 17.4. The van der Waals surface area contributed by atoms with Crippen molar-refractivity contribution in [3.8, 4) is 0 Å². The lowest BCUT2D eigenvalue weighted by Gasteiger charge is -2.11. The number of primary amides is 1. The highest BCUT2D eigenvalue weighted by Crippen LogP contribution is 2.34. The second kappa shape index (κ2) is 5.65. The van der Waals surface area contributed by atoms with E-state index in [0.717, 1.165) is 5.56 Å². The third kappa shape index (κ3) is 2.65. The van der Waals surface area contributed by atoms with Crippen LogP contribution in [0.1, 0.15) is 21.5 Å². The highest BCUT2D eigenvalue weighted by atomic mass is 16.6. The van der Waals surface area contributed by atoms with Crippen LogP contribution in [0.25, 0.3) is 0 Å². The highest BCUT2D eigenvalue weighted by molar-refractivity contribution is 6.00. The molecule has 1 heterocycles. The molecular formula is C16H14N4O4. The average molecular weight is 326 g/mol. The summed E-state index contributed by atoms with van der Waals surface area (Å²) in [6.07, 6.45) is 0.322. The van der Waals surface area contributed by atoms with Gasteiger partial charge in [-0.05, 0) is 36.8 Å². The molecule has 0 aromatic heterocycles. The number of hydrogen-bond donors (Lipinski definition) is 3. The summed E-state index contributed by atoms with van der Waals surface area (Å²) in [6.45, 7) is 1.48. The van der Waals surface area contributed by atoms with E-state index in [1.54, 1.807) is 18.2 Å². The monoisotopic (exact) mass is 326 g/mol. The summed E-state index contributed by atoms with van der Waals surface area (Å²) in [6, 6.07) is 8.12. The summed E-state index contributed by atoms with van der Waals surface area (Å²) in [5.74, 6) is -0.808. The van der Waals surface area contributed by atoms with E-state index in [1.807, 2.05) is 0 Å². The summed E-state index contributed by atoms with van der Waals surface area (Å²) < 4.78 is 0. The molecule has 0 fully saturated rings. The van der Waals surface area contributed by atoms with Gasteiger partial charge < -0.3 is 16.4 Å². The second-order valence-corrected chi connectivity index (χ2v) is 5.48. The lowest BCUT2D eigenvalue weighted by atomic mass is 10.0. The lowest BCUT2D eigenvalue weighted by molar-refractivity contribution is -0.384. The zero-order valence-corrected chi connectivity index (χ0v) is 12.8. The Labute approximate surface area is 136 Å². The first kappa shape index (κ1) is 15.5. The Bertz CT molecular complexity index is 892. The van der Waals surface area contributed by atoms with Crippen LogP contribution in [0.5, 0.6) is 0 Å². The molecule has 0 aliphatic carbocycles. The van der Waals surface area contributed by atoms with Crippen molar-refractivity contribution < 1.29 is 14.5 Å². The number of anilines is 3. The van der Waals surface area contributed by atoms with E-state index < -0.39 is 10.8 Å². The minimum absolute atomic E-state index is 0.0882. The Morgan fingerprint density at radius 2 is 2.08 bits per heavy atom. The maximum absolute atomic E-state index is 11.4. The van der Waals surface area contributed by atoms with E-state index in [2.05, 4.69) is 10.6 Å². The Morgan fingerprint density at radius 3 is 2.75 bits per heavy atom. The molecule has 3 rings (SSSR count). The number of rotatable bonds is 4. The maximum Gasteiger partial charge on any atom is 0.296 e. The molecule has 0 saturated carbocycles. The van der Waals surface area contributed by atoms with Gasteiger partial charge in [0.15, 0.2) is 0 Å². The molecule has 0 radical (unpaired) electrons. The number of nitrogens with two attached hydrogens (primary N) is 1. The number of fused-ring (bicyclic) bond motifs is 1. The first-order valence-electron chi connectivity index (χ1n) is 7.14. The molecule has 2 aromatic carbocycles.